The monoisotopic (exact) mass is 356 g/mol. The van der Waals surface area contributed by atoms with Gasteiger partial charge in [-0.15, -0.1) is 0 Å². The van der Waals surface area contributed by atoms with Crippen LogP contribution in [-0.2, 0) is 11.3 Å². The summed E-state index contributed by atoms with van der Waals surface area (Å²) in [6.07, 6.45) is 2.37. The van der Waals surface area contributed by atoms with Gasteiger partial charge in [0.15, 0.2) is 0 Å². The number of carbonyl (C=O) groups excluding carboxylic acids is 1. The molecular weight excluding hydrogens is 336 g/mol. The van der Waals surface area contributed by atoms with Crippen molar-refractivity contribution in [3.63, 3.8) is 0 Å². The second kappa shape index (κ2) is 7.86. The van der Waals surface area contributed by atoms with Crippen molar-refractivity contribution in [3.05, 3.63) is 70.1 Å². The largest absolute Gasteiger partial charge is 0.477 e. The van der Waals surface area contributed by atoms with E-state index in [0.717, 1.165) is 5.56 Å². The number of carboxylic acids is 1. The highest BCUT2D eigenvalue weighted by Crippen LogP contribution is 2.22. The summed E-state index contributed by atoms with van der Waals surface area (Å²) in [5.41, 5.74) is 0.176. The Morgan fingerprint density at radius 2 is 1.77 bits per heavy atom. The summed E-state index contributed by atoms with van der Waals surface area (Å²) in [5, 5.41) is 9.07. The van der Waals surface area contributed by atoms with Gasteiger partial charge in [0.1, 0.15) is 12.2 Å². The third-order valence-electron chi connectivity index (χ3n) is 4.53. The molecule has 1 N–H and O–H groups in total. The van der Waals surface area contributed by atoms with Crippen LogP contribution in [0.5, 0.6) is 0 Å². The van der Waals surface area contributed by atoms with E-state index in [1.54, 1.807) is 17.2 Å². The van der Waals surface area contributed by atoms with Crippen LogP contribution >= 0.6 is 0 Å². The van der Waals surface area contributed by atoms with E-state index in [2.05, 4.69) is 0 Å². The first-order valence-electron chi connectivity index (χ1n) is 8.46. The minimum atomic E-state index is -1.23. The third-order valence-corrected chi connectivity index (χ3v) is 4.53. The van der Waals surface area contributed by atoms with Crippen LogP contribution in [0.3, 0.4) is 0 Å². The van der Waals surface area contributed by atoms with Crippen LogP contribution in [0.2, 0.25) is 0 Å². The van der Waals surface area contributed by atoms with Crippen molar-refractivity contribution < 1.29 is 19.4 Å². The number of likely N-dealkylation sites (tertiary alicyclic amines) is 1. The summed E-state index contributed by atoms with van der Waals surface area (Å²) in [7, 11) is 0. The van der Waals surface area contributed by atoms with Crippen LogP contribution in [0.25, 0.3) is 0 Å². The van der Waals surface area contributed by atoms with Crippen LogP contribution < -0.4 is 5.56 Å². The Hall–Kier alpha value is -3.09. The molecule has 1 aromatic carbocycles. The maximum atomic E-state index is 12.3. The molecule has 1 fully saturated rings. The second-order valence-corrected chi connectivity index (χ2v) is 6.20. The molecule has 7 heteroatoms. The number of aromatic nitrogens is 1. The lowest BCUT2D eigenvalue weighted by atomic mass is 10.0. The first-order valence-corrected chi connectivity index (χ1v) is 8.46. The number of pyridine rings is 1. The highest BCUT2D eigenvalue weighted by molar-refractivity contribution is 5.87. The van der Waals surface area contributed by atoms with E-state index >= 15 is 0 Å². The average molecular weight is 356 g/mol. The highest BCUT2D eigenvalue weighted by atomic mass is 16.6. The van der Waals surface area contributed by atoms with Crippen LogP contribution in [0.1, 0.15) is 34.8 Å². The van der Waals surface area contributed by atoms with Gasteiger partial charge in [-0.25, -0.2) is 9.59 Å². The number of piperidine rings is 1. The molecule has 1 aliphatic rings. The van der Waals surface area contributed by atoms with Gasteiger partial charge in [-0.05, 0) is 30.5 Å². The van der Waals surface area contributed by atoms with Gasteiger partial charge in [0.2, 0.25) is 0 Å². The molecule has 1 aromatic heterocycles. The molecule has 0 atom stereocenters. The number of nitrogens with zero attached hydrogens (tertiary/aromatic N) is 2. The van der Waals surface area contributed by atoms with Gasteiger partial charge in [0, 0.05) is 25.3 Å². The number of rotatable bonds is 4. The number of aromatic carboxylic acids is 1. The SMILES string of the molecule is O=C(O)c1cccn(C2CCN(C(=O)OCc3ccccc3)CC2)c1=O. The van der Waals surface area contributed by atoms with Gasteiger partial charge in [0.25, 0.3) is 5.56 Å². The van der Waals surface area contributed by atoms with Gasteiger partial charge in [0.05, 0.1) is 0 Å². The zero-order valence-electron chi connectivity index (χ0n) is 14.2. The molecular formula is C19H20N2O5. The summed E-state index contributed by atoms with van der Waals surface area (Å²) < 4.78 is 6.78. The Kier molecular flexibility index (Phi) is 5.36. The lowest BCUT2D eigenvalue weighted by molar-refractivity contribution is 0.0693. The molecule has 136 valence electrons. The van der Waals surface area contributed by atoms with Gasteiger partial charge in [-0.2, -0.15) is 0 Å². The zero-order chi connectivity index (χ0) is 18.5. The lowest BCUT2D eigenvalue weighted by Crippen LogP contribution is -2.41. The Morgan fingerprint density at radius 3 is 2.42 bits per heavy atom. The fourth-order valence-electron chi connectivity index (χ4n) is 3.10. The van der Waals surface area contributed by atoms with E-state index in [1.165, 1.54) is 10.6 Å². The Bertz CT molecular complexity index is 839. The number of benzene rings is 1. The molecule has 0 aliphatic carbocycles. The molecule has 0 spiro atoms. The van der Waals surface area contributed by atoms with E-state index in [0.29, 0.717) is 25.9 Å². The second-order valence-electron chi connectivity index (χ2n) is 6.20. The van der Waals surface area contributed by atoms with E-state index in [4.69, 9.17) is 9.84 Å². The number of hydrogen-bond acceptors (Lipinski definition) is 4. The van der Waals surface area contributed by atoms with Crippen LogP contribution in [0, 0.1) is 0 Å². The molecule has 26 heavy (non-hydrogen) atoms. The third kappa shape index (κ3) is 3.93. The summed E-state index contributed by atoms with van der Waals surface area (Å²) in [6.45, 7) is 1.14. The summed E-state index contributed by atoms with van der Waals surface area (Å²) >= 11 is 0. The van der Waals surface area contributed by atoms with Crippen molar-refractivity contribution in [1.82, 2.24) is 9.47 Å². The maximum absolute atomic E-state index is 12.3. The van der Waals surface area contributed by atoms with E-state index in [-0.39, 0.29) is 24.3 Å². The van der Waals surface area contributed by atoms with Gasteiger partial charge < -0.3 is 19.3 Å². The Morgan fingerprint density at radius 1 is 1.08 bits per heavy atom. The van der Waals surface area contributed by atoms with Crippen LogP contribution in [-0.4, -0.2) is 39.7 Å². The molecule has 2 heterocycles. The molecule has 1 aliphatic heterocycles. The fraction of sp³-hybridized carbons (Fsp3) is 0.316. The maximum Gasteiger partial charge on any atom is 0.410 e. The molecule has 0 saturated carbocycles. The molecule has 2 aromatic rings. The Labute approximate surface area is 150 Å². The topological polar surface area (TPSA) is 88.8 Å². The quantitative estimate of drug-likeness (QED) is 0.909. The van der Waals surface area contributed by atoms with Crippen LogP contribution in [0.15, 0.2) is 53.5 Å². The number of carbonyl (C=O) groups is 2. The molecule has 7 nitrogen and oxygen atoms in total. The number of ether oxygens (including phenoxy) is 1. The zero-order valence-corrected chi connectivity index (χ0v) is 14.2. The van der Waals surface area contributed by atoms with Crippen molar-refractivity contribution in [2.75, 3.05) is 13.1 Å². The number of hydrogen-bond donors (Lipinski definition) is 1. The molecule has 0 unspecified atom stereocenters. The lowest BCUT2D eigenvalue weighted by Gasteiger charge is -2.32. The smallest absolute Gasteiger partial charge is 0.410 e. The van der Waals surface area contributed by atoms with Crippen LogP contribution in [0.4, 0.5) is 4.79 Å². The standard InChI is InChI=1S/C19H20N2O5/c22-17-16(18(23)24)7-4-10-21(17)15-8-11-20(12-9-15)19(25)26-13-14-5-2-1-3-6-14/h1-7,10,15H,8-9,11-13H2,(H,23,24). The fourth-order valence-corrected chi connectivity index (χ4v) is 3.10. The van der Waals surface area contributed by atoms with Crippen molar-refractivity contribution >= 4 is 12.1 Å². The highest BCUT2D eigenvalue weighted by Gasteiger charge is 2.26. The predicted octanol–water partition coefficient (Wildman–Crippen LogP) is 2.52. The van der Waals surface area contributed by atoms with E-state index in [9.17, 15) is 14.4 Å². The molecule has 0 bridgehead atoms. The molecule has 3 rings (SSSR count). The van der Waals surface area contributed by atoms with Gasteiger partial charge in [-0.3, -0.25) is 4.79 Å². The van der Waals surface area contributed by atoms with Crippen molar-refractivity contribution in [2.24, 2.45) is 0 Å². The molecule has 1 amide bonds. The first kappa shape index (κ1) is 17.7. The first-order chi connectivity index (χ1) is 12.6. The predicted molar refractivity (Wildman–Crippen MR) is 94.1 cm³/mol. The van der Waals surface area contributed by atoms with Crippen molar-refractivity contribution in [1.29, 1.82) is 0 Å². The average Bonchev–Trinajstić information content (AvgIpc) is 2.67. The van der Waals surface area contributed by atoms with Crippen molar-refractivity contribution in [3.8, 4) is 0 Å². The number of amides is 1. The minimum absolute atomic E-state index is 0.125. The molecule has 1 saturated heterocycles. The molecule has 0 radical (unpaired) electrons. The minimum Gasteiger partial charge on any atom is -0.477 e. The summed E-state index contributed by atoms with van der Waals surface area (Å²) in [4.78, 5) is 37.2. The number of carboxylic acid groups (broad SMARTS) is 1. The normalized spacial score (nSPS) is 14.8. The summed E-state index contributed by atoms with van der Waals surface area (Å²) in [5.74, 6) is -1.23. The van der Waals surface area contributed by atoms with Gasteiger partial charge in [-0.1, -0.05) is 30.3 Å². The van der Waals surface area contributed by atoms with Crippen molar-refractivity contribution in [2.45, 2.75) is 25.5 Å². The summed E-state index contributed by atoms with van der Waals surface area (Å²) in [6, 6.07) is 12.2. The Balaban J connectivity index is 1.57. The van der Waals surface area contributed by atoms with E-state index in [1.807, 2.05) is 30.3 Å². The van der Waals surface area contributed by atoms with Gasteiger partial charge >= 0.3 is 12.1 Å². The van der Waals surface area contributed by atoms with E-state index < -0.39 is 11.5 Å².